The number of carbonyl (C=O) groups is 1. The number of rotatable bonds is 11. The molecule has 4 aromatic heterocycles. The van der Waals surface area contributed by atoms with E-state index in [-0.39, 0.29) is 11.1 Å². The molecule has 5 fully saturated rings. The first-order valence-corrected chi connectivity index (χ1v) is 22.0. The molecular weight excluding hydrogens is 731 g/mol. The number of para-hydroxylation sites is 1. The molecule has 6 heterocycles. The molecule has 0 radical (unpaired) electrons. The van der Waals surface area contributed by atoms with Gasteiger partial charge in [0, 0.05) is 41.0 Å². The van der Waals surface area contributed by atoms with E-state index < -0.39 is 5.97 Å². The molecule has 12 heteroatoms. The first-order chi connectivity index (χ1) is 27.4. The normalized spacial score (nSPS) is 28.0. The van der Waals surface area contributed by atoms with Gasteiger partial charge in [0.2, 0.25) is 0 Å². The fraction of sp³-hybridized carbons (Fsp3) is 0.556. The molecule has 11 nitrogen and oxygen atoms in total. The third-order valence-corrected chi connectivity index (χ3v) is 15.3. The largest absolute Gasteiger partial charge is 0.476 e. The van der Waals surface area contributed by atoms with Crippen molar-refractivity contribution in [3.05, 3.63) is 65.1 Å². The first kappa shape index (κ1) is 36.9. The van der Waals surface area contributed by atoms with Crippen LogP contribution in [0.1, 0.15) is 112 Å². The minimum absolute atomic E-state index is 0.0351. The minimum atomic E-state index is -1.05. The number of aromatic carboxylic acids is 1. The summed E-state index contributed by atoms with van der Waals surface area (Å²) < 4.78 is 3.31. The van der Waals surface area contributed by atoms with Crippen molar-refractivity contribution in [3.8, 4) is 11.1 Å². The van der Waals surface area contributed by atoms with E-state index in [1.54, 1.807) is 11.3 Å². The smallest absolute Gasteiger partial charge is 0.355 e. The zero-order valence-electron chi connectivity index (χ0n) is 33.9. The van der Waals surface area contributed by atoms with Gasteiger partial charge in [-0.15, -0.1) is 10.2 Å². The second kappa shape index (κ2) is 13.6. The standard InChI is InChI=1S/C45H55N9O2S/c1-29-31-11-9-20-53(39(31)51-50-38(29)49-41-47-34-12-5-6-13-35(34)57-41)36-15-14-32(37(48-36)40(55)56)33-21-46-54(30(33)2)28-45-25-42(3)22-43(4,26-45)24-44(23-42,27-45)16-10-19-52-17-7-8-18-52/h5-6,12-15,21H,7-11,16-20,22-28H2,1-4H3,(H,55,56)(H,47,49,50)/t42-,43+,44?,45?. The zero-order valence-corrected chi connectivity index (χ0v) is 34.7. The molecule has 11 rings (SSSR count). The molecule has 0 amide bonds. The van der Waals surface area contributed by atoms with Crippen LogP contribution in [-0.4, -0.2) is 72.1 Å². The number of likely N-dealkylation sites (tertiary alicyclic amines) is 1. The van der Waals surface area contributed by atoms with E-state index in [0.717, 1.165) is 62.9 Å². The van der Waals surface area contributed by atoms with Crippen LogP contribution in [0.4, 0.5) is 22.6 Å². The molecule has 4 aliphatic carbocycles. The monoisotopic (exact) mass is 785 g/mol. The molecular formula is C45H55N9O2S. The van der Waals surface area contributed by atoms with Crippen molar-refractivity contribution in [2.24, 2.45) is 21.7 Å². The van der Waals surface area contributed by atoms with Gasteiger partial charge in [0.05, 0.1) is 16.4 Å². The van der Waals surface area contributed by atoms with E-state index >= 15 is 0 Å². The Morgan fingerprint density at radius 1 is 0.877 bits per heavy atom. The van der Waals surface area contributed by atoms with Crippen LogP contribution in [0.15, 0.2) is 42.6 Å². The van der Waals surface area contributed by atoms with Gasteiger partial charge in [0.1, 0.15) is 5.82 Å². The zero-order chi connectivity index (χ0) is 39.2. The molecule has 1 aromatic carbocycles. The summed E-state index contributed by atoms with van der Waals surface area (Å²) in [6.45, 7) is 14.7. The summed E-state index contributed by atoms with van der Waals surface area (Å²) in [5.74, 6) is 0.918. The van der Waals surface area contributed by atoms with Crippen molar-refractivity contribution in [3.63, 3.8) is 0 Å². The number of carboxylic acids is 1. The van der Waals surface area contributed by atoms with Gasteiger partial charge in [-0.1, -0.05) is 37.3 Å². The molecule has 2 aliphatic heterocycles. The maximum Gasteiger partial charge on any atom is 0.355 e. The minimum Gasteiger partial charge on any atom is -0.476 e. The van der Waals surface area contributed by atoms with E-state index in [2.05, 4.69) is 58.9 Å². The number of benzene rings is 1. The van der Waals surface area contributed by atoms with Gasteiger partial charge in [0.15, 0.2) is 22.5 Å². The Morgan fingerprint density at radius 2 is 1.65 bits per heavy atom. The first-order valence-electron chi connectivity index (χ1n) is 21.2. The SMILES string of the molecule is Cc1c(Nc2nc3ccccc3s2)nnc2c1CCCN2c1ccc(-c2cnn(CC34CC5(CCCN6CCCC6)C[C@@](C)(C3)C[C@](C)(C5)C4)c2C)c(C(=O)O)n1. The van der Waals surface area contributed by atoms with Gasteiger partial charge in [-0.25, -0.2) is 14.8 Å². The molecule has 57 heavy (non-hydrogen) atoms. The van der Waals surface area contributed by atoms with Crippen LogP contribution in [0.3, 0.4) is 0 Å². The molecule has 6 aliphatic rings. The number of pyridine rings is 1. The van der Waals surface area contributed by atoms with Crippen LogP contribution in [0.5, 0.6) is 0 Å². The van der Waals surface area contributed by atoms with Gasteiger partial charge in [-0.05, 0) is 156 Å². The molecule has 4 bridgehead atoms. The van der Waals surface area contributed by atoms with Crippen molar-refractivity contribution in [1.82, 2.24) is 34.8 Å². The average molecular weight is 786 g/mol. The molecule has 2 N–H and O–H groups in total. The fourth-order valence-corrected chi connectivity index (χ4v) is 14.3. The van der Waals surface area contributed by atoms with Crippen molar-refractivity contribution >= 4 is 50.1 Å². The number of carboxylic acid groups (broad SMARTS) is 1. The quantitative estimate of drug-likeness (QED) is 0.134. The molecule has 298 valence electrons. The van der Waals surface area contributed by atoms with Crippen LogP contribution < -0.4 is 10.2 Å². The lowest BCUT2D eigenvalue weighted by atomic mass is 9.35. The number of fused-ring (bicyclic) bond motifs is 2. The second-order valence-corrected chi connectivity index (χ2v) is 20.4. The third kappa shape index (κ3) is 6.60. The lowest BCUT2D eigenvalue weighted by molar-refractivity contribution is -0.198. The van der Waals surface area contributed by atoms with Gasteiger partial charge in [0.25, 0.3) is 0 Å². The van der Waals surface area contributed by atoms with E-state index in [1.807, 2.05) is 41.4 Å². The summed E-state index contributed by atoms with van der Waals surface area (Å²) in [6.07, 6.45) is 16.9. The number of aromatic nitrogens is 6. The Hall–Kier alpha value is -4.42. The van der Waals surface area contributed by atoms with E-state index in [1.165, 1.54) is 83.8 Å². The summed E-state index contributed by atoms with van der Waals surface area (Å²) >= 11 is 1.59. The van der Waals surface area contributed by atoms with E-state index in [0.29, 0.717) is 40.0 Å². The molecule has 1 saturated heterocycles. The van der Waals surface area contributed by atoms with Crippen LogP contribution in [0.25, 0.3) is 21.3 Å². The Bertz CT molecular complexity index is 2330. The highest BCUT2D eigenvalue weighted by atomic mass is 32.1. The molecule has 4 atom stereocenters. The summed E-state index contributed by atoms with van der Waals surface area (Å²) in [5.41, 5.74) is 6.92. The maximum absolute atomic E-state index is 13.0. The second-order valence-electron chi connectivity index (χ2n) is 19.3. The Kier molecular flexibility index (Phi) is 8.79. The molecule has 5 aromatic rings. The summed E-state index contributed by atoms with van der Waals surface area (Å²) in [7, 11) is 0. The highest BCUT2D eigenvalue weighted by Gasteiger charge is 2.65. The number of nitrogens with one attached hydrogen (secondary N) is 1. The average Bonchev–Trinajstić information content (AvgIpc) is 3.91. The van der Waals surface area contributed by atoms with Crippen LogP contribution >= 0.6 is 11.3 Å². The van der Waals surface area contributed by atoms with Crippen LogP contribution in [-0.2, 0) is 13.0 Å². The van der Waals surface area contributed by atoms with Crippen molar-refractivity contribution in [2.45, 2.75) is 111 Å². The Labute approximate surface area is 339 Å². The van der Waals surface area contributed by atoms with Crippen molar-refractivity contribution in [2.75, 3.05) is 36.4 Å². The number of thiazole rings is 1. The van der Waals surface area contributed by atoms with Gasteiger partial charge >= 0.3 is 5.97 Å². The fourth-order valence-electron chi connectivity index (χ4n) is 13.4. The number of hydrogen-bond acceptors (Lipinski definition) is 10. The predicted molar refractivity (Wildman–Crippen MR) is 226 cm³/mol. The predicted octanol–water partition coefficient (Wildman–Crippen LogP) is 9.73. The molecule has 2 unspecified atom stereocenters. The summed E-state index contributed by atoms with van der Waals surface area (Å²) in [5, 5.41) is 29.1. The summed E-state index contributed by atoms with van der Waals surface area (Å²) in [6, 6.07) is 11.9. The number of hydrogen-bond donors (Lipinski definition) is 2. The maximum atomic E-state index is 13.0. The Morgan fingerprint density at radius 3 is 2.42 bits per heavy atom. The molecule has 0 spiro atoms. The Balaban J connectivity index is 0.906. The van der Waals surface area contributed by atoms with E-state index in [9.17, 15) is 9.90 Å². The highest BCUT2D eigenvalue weighted by molar-refractivity contribution is 7.22. The molecule has 4 saturated carbocycles. The van der Waals surface area contributed by atoms with Gasteiger partial charge in [-0.3, -0.25) is 4.68 Å². The van der Waals surface area contributed by atoms with Crippen molar-refractivity contribution in [1.29, 1.82) is 0 Å². The summed E-state index contributed by atoms with van der Waals surface area (Å²) in [4.78, 5) is 27.2. The lowest BCUT2D eigenvalue weighted by Crippen LogP contribution is -2.60. The van der Waals surface area contributed by atoms with Gasteiger partial charge in [-0.2, -0.15) is 5.10 Å². The highest BCUT2D eigenvalue weighted by Crippen LogP contribution is 2.75. The lowest BCUT2D eigenvalue weighted by Gasteiger charge is -2.70. The van der Waals surface area contributed by atoms with Crippen LogP contribution in [0.2, 0.25) is 0 Å². The van der Waals surface area contributed by atoms with E-state index in [4.69, 9.17) is 15.1 Å². The van der Waals surface area contributed by atoms with Gasteiger partial charge < -0.3 is 20.2 Å². The van der Waals surface area contributed by atoms with Crippen LogP contribution in [0, 0.1) is 35.5 Å². The van der Waals surface area contributed by atoms with Crippen molar-refractivity contribution < 1.29 is 9.90 Å². The number of anilines is 4. The number of nitrogens with zero attached hydrogens (tertiary/aromatic N) is 8. The third-order valence-electron chi connectivity index (χ3n) is 14.3. The topological polar surface area (TPSA) is 125 Å².